The Labute approximate surface area is 139 Å². The van der Waals surface area contributed by atoms with E-state index in [9.17, 15) is 4.79 Å². The zero-order valence-corrected chi connectivity index (χ0v) is 14.6. The van der Waals surface area contributed by atoms with Gasteiger partial charge in [0.1, 0.15) is 0 Å². The summed E-state index contributed by atoms with van der Waals surface area (Å²) in [6, 6.07) is 6.61. The van der Waals surface area contributed by atoms with Crippen LogP contribution in [0.1, 0.15) is 48.9 Å². The Kier molecular flexibility index (Phi) is 5.18. The van der Waals surface area contributed by atoms with Gasteiger partial charge in [0.15, 0.2) is 0 Å². The largest absolute Gasteiger partial charge is 0.349 e. The molecule has 1 aromatic rings. The number of hydrogen-bond acceptors (Lipinski definition) is 2. The summed E-state index contributed by atoms with van der Waals surface area (Å²) in [5.74, 6) is 0.497. The lowest BCUT2D eigenvalue weighted by Gasteiger charge is -2.24. The molecule has 1 amide bonds. The molecule has 1 aliphatic heterocycles. The van der Waals surface area contributed by atoms with E-state index in [4.69, 9.17) is 0 Å². The van der Waals surface area contributed by atoms with Crippen molar-refractivity contribution in [3.63, 3.8) is 0 Å². The van der Waals surface area contributed by atoms with Gasteiger partial charge in [-0.3, -0.25) is 4.79 Å². The predicted octanol–water partition coefficient (Wildman–Crippen LogP) is 3.29. The molecule has 0 radical (unpaired) electrons. The van der Waals surface area contributed by atoms with Crippen LogP contribution < -0.4 is 10.6 Å². The highest BCUT2D eigenvalue weighted by molar-refractivity contribution is 5.85. The fourth-order valence-corrected chi connectivity index (χ4v) is 3.85. The number of halogens is 1. The molecule has 122 valence electrons. The van der Waals surface area contributed by atoms with Crippen LogP contribution in [0.25, 0.3) is 0 Å². The number of aryl methyl sites for hydroxylation is 2. The summed E-state index contributed by atoms with van der Waals surface area (Å²) >= 11 is 0. The zero-order chi connectivity index (χ0) is 15.0. The second-order valence-corrected chi connectivity index (χ2v) is 7.02. The molecule has 1 saturated heterocycles. The molecule has 1 aromatic carbocycles. The minimum absolute atomic E-state index is 0. The van der Waals surface area contributed by atoms with Crippen LogP contribution in [0.3, 0.4) is 0 Å². The third-order valence-corrected chi connectivity index (χ3v) is 5.21. The topological polar surface area (TPSA) is 41.1 Å². The van der Waals surface area contributed by atoms with Crippen molar-refractivity contribution in [2.45, 2.75) is 46.1 Å². The molecule has 2 unspecified atom stereocenters. The van der Waals surface area contributed by atoms with E-state index in [0.29, 0.717) is 5.41 Å². The van der Waals surface area contributed by atoms with Gasteiger partial charge in [-0.05, 0) is 64.1 Å². The number of amides is 1. The van der Waals surface area contributed by atoms with Crippen LogP contribution in [0, 0.1) is 25.2 Å². The standard InChI is InChI=1S/C18H26N2O.ClH/c1-12-8-13(2)10-15(9-12)14(3)20-17(21)16-11-18(16)4-6-19-7-5-18;/h8-10,14,16,19H,4-7,11H2,1-3H3,(H,20,21);1H. The van der Waals surface area contributed by atoms with Crippen molar-refractivity contribution in [1.29, 1.82) is 0 Å². The van der Waals surface area contributed by atoms with Crippen LogP contribution in [0.5, 0.6) is 0 Å². The third-order valence-electron chi connectivity index (χ3n) is 5.21. The highest BCUT2D eigenvalue weighted by Crippen LogP contribution is 2.58. The number of hydrogen-bond donors (Lipinski definition) is 2. The molecule has 0 bridgehead atoms. The quantitative estimate of drug-likeness (QED) is 0.896. The smallest absolute Gasteiger partial charge is 0.224 e. The van der Waals surface area contributed by atoms with Crippen molar-refractivity contribution in [2.24, 2.45) is 11.3 Å². The summed E-state index contributed by atoms with van der Waals surface area (Å²) in [6.07, 6.45) is 3.39. The fraction of sp³-hybridized carbons (Fsp3) is 0.611. The molecule has 4 heteroatoms. The van der Waals surface area contributed by atoms with E-state index in [1.165, 1.54) is 16.7 Å². The molecule has 2 atom stereocenters. The first kappa shape index (κ1) is 17.3. The lowest BCUT2D eigenvalue weighted by atomic mass is 9.91. The number of nitrogens with one attached hydrogen (secondary N) is 2. The van der Waals surface area contributed by atoms with Crippen molar-refractivity contribution in [2.75, 3.05) is 13.1 Å². The minimum atomic E-state index is 0. The molecule has 3 rings (SSSR count). The van der Waals surface area contributed by atoms with Crippen molar-refractivity contribution >= 4 is 18.3 Å². The minimum Gasteiger partial charge on any atom is -0.349 e. The molecule has 1 saturated carbocycles. The van der Waals surface area contributed by atoms with Crippen molar-refractivity contribution in [3.8, 4) is 0 Å². The zero-order valence-electron chi connectivity index (χ0n) is 13.7. The van der Waals surface area contributed by atoms with Gasteiger partial charge in [-0.25, -0.2) is 0 Å². The van der Waals surface area contributed by atoms with Gasteiger partial charge in [0.2, 0.25) is 5.91 Å². The number of carbonyl (C=O) groups is 1. The van der Waals surface area contributed by atoms with Crippen molar-refractivity contribution < 1.29 is 4.79 Å². The molecule has 2 fully saturated rings. The van der Waals surface area contributed by atoms with E-state index in [2.05, 4.69) is 49.6 Å². The van der Waals surface area contributed by atoms with E-state index >= 15 is 0 Å². The molecule has 22 heavy (non-hydrogen) atoms. The van der Waals surface area contributed by atoms with Gasteiger partial charge in [0.25, 0.3) is 0 Å². The summed E-state index contributed by atoms with van der Waals surface area (Å²) < 4.78 is 0. The summed E-state index contributed by atoms with van der Waals surface area (Å²) in [5, 5.41) is 6.61. The first-order valence-corrected chi connectivity index (χ1v) is 8.09. The van der Waals surface area contributed by atoms with E-state index in [0.717, 1.165) is 32.4 Å². The number of piperidine rings is 1. The Bertz CT molecular complexity index is 532. The van der Waals surface area contributed by atoms with Gasteiger partial charge in [0.05, 0.1) is 6.04 Å². The first-order chi connectivity index (χ1) is 10.00. The number of benzene rings is 1. The van der Waals surface area contributed by atoms with Gasteiger partial charge < -0.3 is 10.6 Å². The first-order valence-electron chi connectivity index (χ1n) is 8.09. The Morgan fingerprint density at radius 1 is 1.23 bits per heavy atom. The molecular formula is C18H27ClN2O. The molecule has 1 heterocycles. The number of rotatable bonds is 3. The van der Waals surface area contributed by atoms with E-state index < -0.39 is 0 Å². The maximum Gasteiger partial charge on any atom is 0.224 e. The van der Waals surface area contributed by atoms with E-state index in [1.807, 2.05) is 0 Å². The van der Waals surface area contributed by atoms with Gasteiger partial charge in [0, 0.05) is 5.92 Å². The summed E-state index contributed by atoms with van der Waals surface area (Å²) in [6.45, 7) is 8.43. The fourth-order valence-electron chi connectivity index (χ4n) is 3.85. The van der Waals surface area contributed by atoms with Crippen molar-refractivity contribution in [3.05, 3.63) is 34.9 Å². The molecule has 0 aromatic heterocycles. The van der Waals surface area contributed by atoms with Crippen LogP contribution in [-0.4, -0.2) is 19.0 Å². The normalized spacial score (nSPS) is 23.5. The van der Waals surface area contributed by atoms with Crippen LogP contribution in [0.2, 0.25) is 0 Å². The SMILES string of the molecule is Cc1cc(C)cc(C(C)NC(=O)C2CC23CCNCC3)c1.Cl. The lowest BCUT2D eigenvalue weighted by molar-refractivity contribution is -0.123. The third kappa shape index (κ3) is 3.47. The number of carbonyl (C=O) groups excluding carboxylic acids is 1. The van der Waals surface area contributed by atoms with Gasteiger partial charge in [-0.15, -0.1) is 12.4 Å². The average Bonchev–Trinajstić information content (AvgIpc) is 3.12. The van der Waals surface area contributed by atoms with E-state index in [1.54, 1.807) is 0 Å². The molecule has 3 nitrogen and oxygen atoms in total. The van der Waals surface area contributed by atoms with Crippen LogP contribution in [0.15, 0.2) is 18.2 Å². The Hall–Kier alpha value is -1.06. The monoisotopic (exact) mass is 322 g/mol. The van der Waals surface area contributed by atoms with E-state index in [-0.39, 0.29) is 30.3 Å². The average molecular weight is 323 g/mol. The highest BCUT2D eigenvalue weighted by atomic mass is 35.5. The van der Waals surface area contributed by atoms with Crippen LogP contribution in [0.4, 0.5) is 0 Å². The maximum absolute atomic E-state index is 12.5. The van der Waals surface area contributed by atoms with Gasteiger partial charge in [-0.1, -0.05) is 29.3 Å². The summed E-state index contributed by atoms with van der Waals surface area (Å²) in [7, 11) is 0. The van der Waals surface area contributed by atoms with Crippen LogP contribution >= 0.6 is 12.4 Å². The molecule has 2 aliphatic rings. The predicted molar refractivity (Wildman–Crippen MR) is 92.4 cm³/mol. The van der Waals surface area contributed by atoms with Gasteiger partial charge >= 0.3 is 0 Å². The van der Waals surface area contributed by atoms with Crippen LogP contribution in [-0.2, 0) is 4.79 Å². The molecule has 1 spiro atoms. The lowest BCUT2D eigenvalue weighted by Crippen LogP contribution is -2.34. The van der Waals surface area contributed by atoms with Crippen molar-refractivity contribution in [1.82, 2.24) is 10.6 Å². The molecule has 1 aliphatic carbocycles. The maximum atomic E-state index is 12.5. The Morgan fingerprint density at radius 3 is 2.41 bits per heavy atom. The molecular weight excluding hydrogens is 296 g/mol. The Morgan fingerprint density at radius 2 is 1.82 bits per heavy atom. The second kappa shape index (κ2) is 6.59. The highest BCUT2D eigenvalue weighted by Gasteiger charge is 2.57. The summed E-state index contributed by atoms with van der Waals surface area (Å²) in [4.78, 5) is 12.5. The van der Waals surface area contributed by atoms with Gasteiger partial charge in [-0.2, -0.15) is 0 Å². The summed E-state index contributed by atoms with van der Waals surface area (Å²) in [5.41, 5.74) is 4.04. The second-order valence-electron chi connectivity index (χ2n) is 7.02. The molecule has 2 N–H and O–H groups in total. The Balaban J connectivity index is 0.00000176.